The number of ether oxygens (including phenoxy) is 2. The van der Waals surface area contributed by atoms with E-state index in [1.54, 1.807) is 7.11 Å². The van der Waals surface area contributed by atoms with Gasteiger partial charge in [0, 0.05) is 19.4 Å². The van der Waals surface area contributed by atoms with Crippen molar-refractivity contribution in [2.24, 2.45) is 17.8 Å². The largest absolute Gasteiger partial charge is 0.391 e. The van der Waals surface area contributed by atoms with Crippen molar-refractivity contribution in [1.29, 1.82) is 0 Å². The quantitative estimate of drug-likeness (QED) is 0.744. The fraction of sp³-hybridized carbons (Fsp3) is 0.938. The Morgan fingerprint density at radius 2 is 2.00 bits per heavy atom. The van der Waals surface area contributed by atoms with Crippen molar-refractivity contribution in [3.8, 4) is 0 Å². The molecule has 0 amide bonds. The van der Waals surface area contributed by atoms with Gasteiger partial charge in [-0.1, -0.05) is 13.8 Å². The Morgan fingerprint density at radius 1 is 1.30 bits per heavy atom. The molecule has 1 N–H and O–H groups in total. The van der Waals surface area contributed by atoms with Gasteiger partial charge < -0.3 is 14.6 Å². The van der Waals surface area contributed by atoms with Crippen molar-refractivity contribution in [1.82, 2.24) is 0 Å². The van der Waals surface area contributed by atoms with Crippen LogP contribution >= 0.6 is 0 Å². The third-order valence-corrected chi connectivity index (χ3v) is 4.28. The van der Waals surface area contributed by atoms with Crippen molar-refractivity contribution < 1.29 is 19.4 Å². The topological polar surface area (TPSA) is 55.8 Å². The van der Waals surface area contributed by atoms with Crippen molar-refractivity contribution in [3.05, 3.63) is 0 Å². The van der Waals surface area contributed by atoms with Gasteiger partial charge in [0.25, 0.3) is 0 Å². The second-order valence-corrected chi connectivity index (χ2v) is 6.43. The second-order valence-electron chi connectivity index (χ2n) is 6.43. The van der Waals surface area contributed by atoms with E-state index in [0.717, 1.165) is 12.8 Å². The highest BCUT2D eigenvalue weighted by molar-refractivity contribution is 5.81. The molecule has 4 heteroatoms. The van der Waals surface area contributed by atoms with Gasteiger partial charge in [-0.2, -0.15) is 0 Å². The summed E-state index contributed by atoms with van der Waals surface area (Å²) in [4.78, 5) is 12.0. The van der Waals surface area contributed by atoms with Crippen LogP contribution in [0.3, 0.4) is 0 Å². The minimum absolute atomic E-state index is 0.00693. The first-order valence-electron chi connectivity index (χ1n) is 7.75. The summed E-state index contributed by atoms with van der Waals surface area (Å²) < 4.78 is 10.5. The van der Waals surface area contributed by atoms with Crippen LogP contribution in [0.2, 0.25) is 0 Å². The van der Waals surface area contributed by atoms with Crippen molar-refractivity contribution >= 4 is 5.78 Å². The molecule has 1 fully saturated rings. The van der Waals surface area contributed by atoms with Crippen LogP contribution in [0.15, 0.2) is 0 Å². The van der Waals surface area contributed by atoms with Gasteiger partial charge in [0.1, 0.15) is 5.78 Å². The first-order chi connectivity index (χ1) is 9.43. The lowest BCUT2D eigenvalue weighted by Gasteiger charge is -2.31. The zero-order valence-corrected chi connectivity index (χ0v) is 13.3. The van der Waals surface area contributed by atoms with Gasteiger partial charge in [-0.3, -0.25) is 4.79 Å². The fourth-order valence-electron chi connectivity index (χ4n) is 2.93. The van der Waals surface area contributed by atoms with Crippen LogP contribution in [-0.4, -0.2) is 43.4 Å². The number of aliphatic hydroxyl groups is 1. The number of rotatable bonds is 8. The molecule has 0 heterocycles. The van der Waals surface area contributed by atoms with Crippen LogP contribution in [0.25, 0.3) is 0 Å². The Morgan fingerprint density at radius 3 is 2.60 bits per heavy atom. The van der Waals surface area contributed by atoms with E-state index in [0.29, 0.717) is 37.1 Å². The summed E-state index contributed by atoms with van der Waals surface area (Å²) in [5, 5.41) is 10.0. The van der Waals surface area contributed by atoms with Crippen molar-refractivity contribution in [2.45, 2.75) is 58.7 Å². The van der Waals surface area contributed by atoms with Gasteiger partial charge in [0.15, 0.2) is 0 Å². The molecule has 1 aliphatic carbocycles. The number of Topliss-reactive ketones (excluding diaryl/α,β-unsaturated/α-hetero) is 1. The highest BCUT2D eigenvalue weighted by Gasteiger charge is 2.31. The molecule has 0 radical (unpaired) electrons. The summed E-state index contributed by atoms with van der Waals surface area (Å²) in [6.07, 6.45) is 2.53. The van der Waals surface area contributed by atoms with Crippen molar-refractivity contribution in [2.75, 3.05) is 20.3 Å². The SMILES string of the molecule is COCC(C)OCC(O)CC1CC(C(C)C)CCC1=O. The Labute approximate surface area is 122 Å². The number of aliphatic hydroxyl groups excluding tert-OH is 1. The molecule has 0 saturated heterocycles. The number of ketones is 1. The molecule has 4 unspecified atom stereocenters. The summed E-state index contributed by atoms with van der Waals surface area (Å²) in [5.74, 6) is 1.54. The Balaban J connectivity index is 2.35. The molecule has 1 aliphatic rings. The molecule has 0 aromatic carbocycles. The normalized spacial score (nSPS) is 26.8. The first-order valence-corrected chi connectivity index (χ1v) is 7.75. The molecule has 0 spiro atoms. The van der Waals surface area contributed by atoms with E-state index < -0.39 is 6.10 Å². The average molecular weight is 286 g/mol. The van der Waals surface area contributed by atoms with E-state index in [9.17, 15) is 9.90 Å². The predicted octanol–water partition coefficient (Wildman–Crippen LogP) is 2.43. The van der Waals surface area contributed by atoms with E-state index in [4.69, 9.17) is 9.47 Å². The molecule has 1 saturated carbocycles. The van der Waals surface area contributed by atoms with Crippen LogP contribution < -0.4 is 0 Å². The van der Waals surface area contributed by atoms with E-state index in [1.807, 2.05) is 6.92 Å². The first kappa shape index (κ1) is 17.6. The van der Waals surface area contributed by atoms with E-state index in [-0.39, 0.29) is 18.6 Å². The summed E-state index contributed by atoms with van der Waals surface area (Å²) >= 11 is 0. The number of carbonyl (C=O) groups excluding carboxylic acids is 1. The molecule has 4 atom stereocenters. The maximum Gasteiger partial charge on any atom is 0.136 e. The molecule has 4 nitrogen and oxygen atoms in total. The molecule has 0 aromatic rings. The summed E-state index contributed by atoms with van der Waals surface area (Å²) in [6, 6.07) is 0. The summed E-state index contributed by atoms with van der Waals surface area (Å²) in [7, 11) is 1.63. The molecule has 1 rings (SSSR count). The zero-order valence-electron chi connectivity index (χ0n) is 13.3. The van der Waals surface area contributed by atoms with Crippen LogP contribution in [0, 0.1) is 17.8 Å². The lowest BCUT2D eigenvalue weighted by atomic mass is 9.74. The van der Waals surface area contributed by atoms with Gasteiger partial charge in [-0.15, -0.1) is 0 Å². The Hall–Kier alpha value is -0.450. The van der Waals surface area contributed by atoms with Crippen LogP contribution in [0.1, 0.15) is 46.5 Å². The van der Waals surface area contributed by atoms with Gasteiger partial charge in [-0.05, 0) is 38.0 Å². The second kappa shape index (κ2) is 8.75. The maximum atomic E-state index is 12.0. The smallest absolute Gasteiger partial charge is 0.136 e. The molecule has 0 bridgehead atoms. The lowest BCUT2D eigenvalue weighted by molar-refractivity contribution is -0.128. The monoisotopic (exact) mass is 286 g/mol. The van der Waals surface area contributed by atoms with Gasteiger partial charge >= 0.3 is 0 Å². The third-order valence-electron chi connectivity index (χ3n) is 4.28. The molecule has 0 aromatic heterocycles. The highest BCUT2D eigenvalue weighted by atomic mass is 16.5. The highest BCUT2D eigenvalue weighted by Crippen LogP contribution is 2.33. The van der Waals surface area contributed by atoms with E-state index >= 15 is 0 Å². The standard InChI is InChI=1S/C16H30O4/c1-11(2)13-5-6-16(18)14(7-13)8-15(17)10-20-12(3)9-19-4/h11-15,17H,5-10H2,1-4H3. The zero-order chi connectivity index (χ0) is 15.1. The van der Waals surface area contributed by atoms with Crippen LogP contribution in [0.5, 0.6) is 0 Å². The van der Waals surface area contributed by atoms with E-state index in [2.05, 4.69) is 13.8 Å². The molecular formula is C16H30O4. The average Bonchev–Trinajstić information content (AvgIpc) is 2.39. The van der Waals surface area contributed by atoms with Gasteiger partial charge in [0.05, 0.1) is 25.4 Å². The van der Waals surface area contributed by atoms with Gasteiger partial charge in [0.2, 0.25) is 0 Å². The fourth-order valence-corrected chi connectivity index (χ4v) is 2.93. The summed E-state index contributed by atoms with van der Waals surface area (Å²) in [5.41, 5.74) is 0. The number of hydrogen-bond donors (Lipinski definition) is 1. The summed E-state index contributed by atoms with van der Waals surface area (Å²) in [6.45, 7) is 7.13. The maximum absolute atomic E-state index is 12.0. The van der Waals surface area contributed by atoms with Crippen molar-refractivity contribution in [3.63, 3.8) is 0 Å². The molecule has 20 heavy (non-hydrogen) atoms. The molecular weight excluding hydrogens is 256 g/mol. The van der Waals surface area contributed by atoms with Crippen LogP contribution in [0.4, 0.5) is 0 Å². The predicted molar refractivity (Wildman–Crippen MR) is 78.6 cm³/mol. The third kappa shape index (κ3) is 5.90. The Bertz CT molecular complexity index is 290. The lowest BCUT2D eigenvalue weighted by Crippen LogP contribution is -2.32. The van der Waals surface area contributed by atoms with Gasteiger partial charge in [-0.25, -0.2) is 0 Å². The minimum atomic E-state index is -0.561. The molecule has 0 aliphatic heterocycles. The Kier molecular flexibility index (Phi) is 7.70. The number of carbonyl (C=O) groups is 1. The van der Waals surface area contributed by atoms with E-state index in [1.165, 1.54) is 0 Å². The molecule has 118 valence electrons. The van der Waals surface area contributed by atoms with Crippen LogP contribution in [-0.2, 0) is 14.3 Å². The number of hydrogen-bond acceptors (Lipinski definition) is 4. The number of methoxy groups -OCH3 is 1. The minimum Gasteiger partial charge on any atom is -0.391 e.